The SMILES string of the molecule is C=CC(=O)OCCCCOc1ccc(C(=O)Oc2ccc(-c3ccc(/C=C/C(=O)OCCCC)cc3)cc2)cc1. The van der Waals surface area contributed by atoms with Crippen molar-refractivity contribution in [1.29, 1.82) is 0 Å². The third-order valence-corrected chi connectivity index (χ3v) is 5.77. The largest absolute Gasteiger partial charge is 0.494 e. The molecule has 0 amide bonds. The van der Waals surface area contributed by atoms with Crippen LogP contribution >= 0.6 is 0 Å². The molecule has 208 valence electrons. The van der Waals surface area contributed by atoms with Gasteiger partial charge in [0.25, 0.3) is 0 Å². The van der Waals surface area contributed by atoms with Gasteiger partial charge in [-0.2, -0.15) is 0 Å². The molecule has 0 N–H and O–H groups in total. The van der Waals surface area contributed by atoms with Crippen LogP contribution in [0, 0.1) is 0 Å². The van der Waals surface area contributed by atoms with E-state index < -0.39 is 11.9 Å². The molecule has 40 heavy (non-hydrogen) atoms. The van der Waals surface area contributed by atoms with Crippen molar-refractivity contribution >= 4 is 24.0 Å². The molecule has 0 aliphatic heterocycles. The second kappa shape index (κ2) is 16.3. The molecule has 7 heteroatoms. The van der Waals surface area contributed by atoms with Gasteiger partial charge < -0.3 is 18.9 Å². The first kappa shape index (κ1) is 29.9. The summed E-state index contributed by atoms with van der Waals surface area (Å²) in [6, 6.07) is 21.8. The van der Waals surface area contributed by atoms with Crippen LogP contribution in [0.3, 0.4) is 0 Å². The molecule has 0 aromatic heterocycles. The molecule has 0 spiro atoms. The van der Waals surface area contributed by atoms with E-state index in [1.807, 2.05) is 43.3 Å². The minimum absolute atomic E-state index is 0.322. The van der Waals surface area contributed by atoms with Crippen molar-refractivity contribution in [3.8, 4) is 22.6 Å². The lowest BCUT2D eigenvalue weighted by Crippen LogP contribution is -2.08. The van der Waals surface area contributed by atoms with Crippen molar-refractivity contribution < 1.29 is 33.3 Å². The summed E-state index contributed by atoms with van der Waals surface area (Å²) >= 11 is 0. The Kier molecular flexibility index (Phi) is 12.2. The van der Waals surface area contributed by atoms with E-state index >= 15 is 0 Å². The Hall–Kier alpha value is -4.65. The van der Waals surface area contributed by atoms with Crippen molar-refractivity contribution in [2.45, 2.75) is 32.6 Å². The first-order valence-electron chi connectivity index (χ1n) is 13.3. The molecule has 0 fully saturated rings. The maximum Gasteiger partial charge on any atom is 0.343 e. The zero-order valence-electron chi connectivity index (χ0n) is 22.7. The second-order valence-corrected chi connectivity index (χ2v) is 8.84. The number of carbonyl (C=O) groups is 3. The Morgan fingerprint density at radius 1 is 0.700 bits per heavy atom. The minimum atomic E-state index is -0.465. The molecule has 0 aliphatic rings. The van der Waals surface area contributed by atoms with Gasteiger partial charge in [0.2, 0.25) is 0 Å². The van der Waals surface area contributed by atoms with Gasteiger partial charge in [0.15, 0.2) is 0 Å². The lowest BCUT2D eigenvalue weighted by atomic mass is 10.0. The van der Waals surface area contributed by atoms with E-state index in [-0.39, 0.29) is 5.97 Å². The number of ether oxygens (including phenoxy) is 4. The predicted octanol–water partition coefficient (Wildman–Crippen LogP) is 6.82. The number of unbranched alkanes of at least 4 members (excludes halogenated alkanes) is 2. The van der Waals surface area contributed by atoms with Crippen LogP contribution in [-0.2, 0) is 19.1 Å². The van der Waals surface area contributed by atoms with Gasteiger partial charge >= 0.3 is 17.9 Å². The lowest BCUT2D eigenvalue weighted by molar-refractivity contribution is -0.138. The number of rotatable bonds is 15. The topological polar surface area (TPSA) is 88.1 Å². The molecule has 0 aliphatic carbocycles. The van der Waals surface area contributed by atoms with Gasteiger partial charge in [-0.3, -0.25) is 0 Å². The van der Waals surface area contributed by atoms with Crippen molar-refractivity contribution in [2.24, 2.45) is 0 Å². The van der Waals surface area contributed by atoms with Crippen LogP contribution in [0.2, 0.25) is 0 Å². The molecule has 0 saturated heterocycles. The summed E-state index contributed by atoms with van der Waals surface area (Å²) in [7, 11) is 0. The molecule has 0 unspecified atom stereocenters. The van der Waals surface area contributed by atoms with Crippen LogP contribution in [0.1, 0.15) is 48.5 Å². The fraction of sp³-hybridized carbons (Fsp3) is 0.242. The fourth-order valence-electron chi connectivity index (χ4n) is 3.51. The van der Waals surface area contributed by atoms with Gasteiger partial charge in [-0.1, -0.05) is 56.3 Å². The van der Waals surface area contributed by atoms with E-state index in [2.05, 4.69) is 6.58 Å². The highest BCUT2D eigenvalue weighted by molar-refractivity contribution is 5.91. The summed E-state index contributed by atoms with van der Waals surface area (Å²) in [4.78, 5) is 35.3. The average Bonchev–Trinajstić information content (AvgIpc) is 2.98. The zero-order valence-corrected chi connectivity index (χ0v) is 22.7. The Balaban J connectivity index is 1.45. The molecular weight excluding hydrogens is 508 g/mol. The summed E-state index contributed by atoms with van der Waals surface area (Å²) in [6.45, 7) is 6.62. The zero-order chi connectivity index (χ0) is 28.6. The average molecular weight is 543 g/mol. The Morgan fingerprint density at radius 2 is 1.27 bits per heavy atom. The smallest absolute Gasteiger partial charge is 0.343 e. The van der Waals surface area contributed by atoms with E-state index in [0.717, 1.165) is 42.0 Å². The van der Waals surface area contributed by atoms with Gasteiger partial charge in [0.1, 0.15) is 11.5 Å². The van der Waals surface area contributed by atoms with E-state index in [9.17, 15) is 14.4 Å². The molecule has 7 nitrogen and oxygen atoms in total. The highest BCUT2D eigenvalue weighted by Gasteiger charge is 2.09. The van der Waals surface area contributed by atoms with Crippen molar-refractivity contribution in [1.82, 2.24) is 0 Å². The van der Waals surface area contributed by atoms with Crippen LogP contribution in [0.5, 0.6) is 11.5 Å². The second-order valence-electron chi connectivity index (χ2n) is 8.84. The molecule has 0 atom stereocenters. The predicted molar refractivity (Wildman–Crippen MR) is 154 cm³/mol. The third kappa shape index (κ3) is 10.3. The van der Waals surface area contributed by atoms with E-state index in [0.29, 0.717) is 43.3 Å². The van der Waals surface area contributed by atoms with Gasteiger partial charge in [0, 0.05) is 12.2 Å². The fourth-order valence-corrected chi connectivity index (χ4v) is 3.51. The van der Waals surface area contributed by atoms with Crippen molar-refractivity contribution in [3.05, 3.63) is 103 Å². The molecule has 0 radical (unpaired) electrons. The summed E-state index contributed by atoms with van der Waals surface area (Å²) in [5, 5.41) is 0. The van der Waals surface area contributed by atoms with Crippen LogP contribution in [-0.4, -0.2) is 37.7 Å². The van der Waals surface area contributed by atoms with Crippen molar-refractivity contribution in [2.75, 3.05) is 19.8 Å². The molecule has 3 aromatic carbocycles. The highest BCUT2D eigenvalue weighted by Crippen LogP contribution is 2.24. The highest BCUT2D eigenvalue weighted by atomic mass is 16.5. The monoisotopic (exact) mass is 542 g/mol. The molecule has 3 aromatic rings. The quantitative estimate of drug-likeness (QED) is 0.0901. The maximum atomic E-state index is 12.6. The summed E-state index contributed by atoms with van der Waals surface area (Å²) in [5.74, 6) is -0.167. The number of carbonyl (C=O) groups excluding carboxylic acids is 3. The lowest BCUT2D eigenvalue weighted by Gasteiger charge is -2.08. The molecule has 0 heterocycles. The number of esters is 3. The normalized spacial score (nSPS) is 10.6. The standard InChI is InChI=1S/C33H34O7/c1-3-5-22-39-32(35)21-10-25-8-11-26(12-9-25)27-13-19-30(20-14-27)40-33(36)28-15-17-29(18-16-28)37-23-6-7-24-38-31(34)4-2/h4,8-21H,2-3,5-7,22-24H2,1H3/b21-10+. The molecule has 0 saturated carbocycles. The van der Waals surface area contributed by atoms with E-state index in [4.69, 9.17) is 18.9 Å². The third-order valence-electron chi connectivity index (χ3n) is 5.77. The van der Waals surface area contributed by atoms with Gasteiger partial charge in [-0.05, 0) is 78.4 Å². The van der Waals surface area contributed by atoms with Gasteiger partial charge in [-0.25, -0.2) is 14.4 Å². The first-order valence-corrected chi connectivity index (χ1v) is 13.3. The van der Waals surface area contributed by atoms with Crippen LogP contribution < -0.4 is 9.47 Å². The Labute approximate surface area is 235 Å². The van der Waals surface area contributed by atoms with Crippen LogP contribution in [0.15, 0.2) is 91.5 Å². The molecular formula is C33H34O7. The number of benzene rings is 3. The summed E-state index contributed by atoms with van der Waals surface area (Å²) in [6.07, 6.45) is 7.54. The maximum absolute atomic E-state index is 12.6. The number of hydrogen-bond acceptors (Lipinski definition) is 7. The van der Waals surface area contributed by atoms with E-state index in [1.165, 1.54) is 6.08 Å². The Bertz CT molecular complexity index is 1270. The summed E-state index contributed by atoms with van der Waals surface area (Å²) < 4.78 is 21.2. The van der Waals surface area contributed by atoms with Crippen LogP contribution in [0.25, 0.3) is 17.2 Å². The van der Waals surface area contributed by atoms with Gasteiger partial charge in [-0.15, -0.1) is 0 Å². The summed E-state index contributed by atoms with van der Waals surface area (Å²) in [5.41, 5.74) is 3.26. The Morgan fingerprint density at radius 3 is 1.93 bits per heavy atom. The van der Waals surface area contributed by atoms with Crippen molar-refractivity contribution in [3.63, 3.8) is 0 Å². The molecule has 3 rings (SSSR count). The number of hydrogen-bond donors (Lipinski definition) is 0. The molecule has 0 bridgehead atoms. The van der Waals surface area contributed by atoms with Crippen LogP contribution in [0.4, 0.5) is 0 Å². The minimum Gasteiger partial charge on any atom is -0.494 e. The van der Waals surface area contributed by atoms with Gasteiger partial charge in [0.05, 0.1) is 25.4 Å². The first-order chi connectivity index (χ1) is 19.5. The van der Waals surface area contributed by atoms with E-state index in [1.54, 1.807) is 42.5 Å².